The first-order valence-electron chi connectivity index (χ1n) is 26.8. The van der Waals surface area contributed by atoms with Crippen LogP contribution in [0.2, 0.25) is 0 Å². The average Bonchev–Trinajstić information content (AvgIpc) is 3.33. The molecule has 0 fully saturated rings. The van der Waals surface area contributed by atoms with Gasteiger partial charge in [0.05, 0.1) is 0 Å². The molecule has 1 atom stereocenters. The summed E-state index contributed by atoms with van der Waals surface area (Å²) in [6.07, 6.45) is 75.7. The summed E-state index contributed by atoms with van der Waals surface area (Å²) in [5.74, 6) is -0.973. The zero-order valence-electron chi connectivity index (χ0n) is 42.9. The van der Waals surface area contributed by atoms with Gasteiger partial charge in [0.25, 0.3) is 0 Å². The Morgan fingerprint density at radius 1 is 0.328 bits per heavy atom. The summed E-state index contributed by atoms with van der Waals surface area (Å²) in [4.78, 5) is 38.0. The van der Waals surface area contributed by atoms with Crippen LogP contribution in [0.3, 0.4) is 0 Å². The van der Waals surface area contributed by atoms with Crippen molar-refractivity contribution in [1.82, 2.24) is 0 Å². The van der Waals surface area contributed by atoms with Crippen LogP contribution in [0.4, 0.5) is 0 Å². The first kappa shape index (κ1) is 62.5. The third-order valence-electron chi connectivity index (χ3n) is 10.8. The van der Waals surface area contributed by atoms with Crippen LogP contribution in [0, 0.1) is 0 Å². The number of rotatable bonds is 46. The number of hydrogen-bond donors (Lipinski definition) is 0. The first-order chi connectivity index (χ1) is 33.0. The Morgan fingerprint density at radius 2 is 0.657 bits per heavy atom. The molecule has 0 aromatic heterocycles. The highest BCUT2D eigenvalue weighted by molar-refractivity contribution is 5.71. The van der Waals surface area contributed by atoms with Crippen LogP contribution >= 0.6 is 0 Å². The van der Waals surface area contributed by atoms with Gasteiger partial charge < -0.3 is 14.2 Å². The van der Waals surface area contributed by atoms with Gasteiger partial charge >= 0.3 is 17.9 Å². The number of unbranched alkanes of at least 4 members (excludes halogenated alkanes) is 19. The Balaban J connectivity index is 4.49. The molecule has 0 radical (unpaired) electrons. The number of carbonyl (C=O) groups excluding carboxylic acids is 3. The monoisotopic (exact) mass is 925 g/mol. The fourth-order valence-electron chi connectivity index (χ4n) is 6.83. The van der Waals surface area contributed by atoms with Crippen LogP contribution in [0.25, 0.3) is 0 Å². The minimum Gasteiger partial charge on any atom is -0.462 e. The van der Waals surface area contributed by atoms with Crippen molar-refractivity contribution in [2.45, 2.75) is 219 Å². The van der Waals surface area contributed by atoms with E-state index in [4.69, 9.17) is 14.2 Å². The molecule has 6 heteroatoms. The summed E-state index contributed by atoms with van der Waals surface area (Å²) in [5, 5.41) is 0. The van der Waals surface area contributed by atoms with Crippen LogP contribution in [-0.4, -0.2) is 37.2 Å². The zero-order chi connectivity index (χ0) is 48.6. The Kier molecular flexibility index (Phi) is 50.6. The third-order valence-corrected chi connectivity index (χ3v) is 10.8. The average molecular weight is 925 g/mol. The molecule has 376 valence electrons. The highest BCUT2D eigenvalue weighted by Crippen LogP contribution is 2.14. The van der Waals surface area contributed by atoms with Crippen molar-refractivity contribution in [3.63, 3.8) is 0 Å². The van der Waals surface area contributed by atoms with Gasteiger partial charge in [-0.2, -0.15) is 0 Å². The van der Waals surface area contributed by atoms with Crippen molar-refractivity contribution < 1.29 is 28.6 Å². The molecule has 0 saturated carbocycles. The van der Waals surface area contributed by atoms with Crippen molar-refractivity contribution in [3.8, 4) is 0 Å². The molecule has 0 aromatic carbocycles. The predicted molar refractivity (Wildman–Crippen MR) is 288 cm³/mol. The number of ether oxygens (including phenoxy) is 3. The molecule has 67 heavy (non-hydrogen) atoms. The van der Waals surface area contributed by atoms with Crippen molar-refractivity contribution in [2.75, 3.05) is 13.2 Å². The van der Waals surface area contributed by atoms with Gasteiger partial charge in [-0.25, -0.2) is 0 Å². The molecule has 0 aromatic rings. The number of allylic oxidation sites excluding steroid dienone is 22. The number of hydrogen-bond acceptors (Lipinski definition) is 6. The molecule has 0 bridgehead atoms. The van der Waals surface area contributed by atoms with Crippen LogP contribution < -0.4 is 0 Å². The van der Waals surface area contributed by atoms with Crippen molar-refractivity contribution in [2.24, 2.45) is 0 Å². The second-order valence-corrected chi connectivity index (χ2v) is 17.2. The van der Waals surface area contributed by atoms with Crippen LogP contribution in [0.5, 0.6) is 0 Å². The Hall–Kier alpha value is -4.45. The summed E-state index contributed by atoms with van der Waals surface area (Å²) in [5.41, 5.74) is 0. The SMILES string of the molecule is CC\C=C/C=C\C=C/C=C\C=C\C=C/C=C\CCCCCC(=O)OCC(COC(=O)CCCCCCC/C=C\CCCC)OC(=O)CCCCCCCCCCC/C=C\C/C=C\C/C=C\CC. The summed E-state index contributed by atoms with van der Waals surface area (Å²) >= 11 is 0. The standard InChI is InChI=1S/C61H96O6/c1-4-7-10-13-16-19-22-24-26-28-30-32-34-36-39-42-45-48-51-54-60(63)66-57-58(56-65-59(62)53-50-47-44-41-38-21-18-15-12-9-6-3)67-61(64)55-52-49-46-43-40-37-35-33-31-29-27-25-23-20-17-14-11-8-5-2/h7-8,10-11,13,15-20,22,24-28,30,32,34,36,39,58H,4-6,9,12,14,21,23,29,31,33,35,37-38,40-57H2,1-3H3/b10-7-,11-8-,16-13-,18-15-,20-17-,22-19-,26-24-,27-25-,30-28+,34-32-,39-36-. The van der Waals surface area contributed by atoms with Gasteiger partial charge in [-0.3, -0.25) is 14.4 Å². The topological polar surface area (TPSA) is 78.9 Å². The summed E-state index contributed by atoms with van der Waals surface area (Å²) in [6, 6.07) is 0. The lowest BCUT2D eigenvalue weighted by molar-refractivity contribution is -0.167. The van der Waals surface area contributed by atoms with Gasteiger partial charge in [0.15, 0.2) is 6.10 Å². The smallest absolute Gasteiger partial charge is 0.306 e. The predicted octanol–water partition coefficient (Wildman–Crippen LogP) is 17.9. The normalized spacial score (nSPS) is 13.2. The molecule has 6 nitrogen and oxygen atoms in total. The van der Waals surface area contributed by atoms with Gasteiger partial charge in [-0.05, 0) is 89.9 Å². The maximum Gasteiger partial charge on any atom is 0.306 e. The Labute approximate surface area is 411 Å². The molecule has 0 rings (SSSR count). The quantitative estimate of drug-likeness (QED) is 0.0199. The molecule has 0 amide bonds. The fraction of sp³-hybridized carbons (Fsp3) is 0.590. The molecule has 0 N–H and O–H groups in total. The maximum atomic E-state index is 12.8. The van der Waals surface area contributed by atoms with Gasteiger partial charge in [0.1, 0.15) is 13.2 Å². The Morgan fingerprint density at radius 3 is 1.12 bits per heavy atom. The van der Waals surface area contributed by atoms with Crippen LogP contribution in [0.15, 0.2) is 134 Å². The minimum atomic E-state index is -0.808. The van der Waals surface area contributed by atoms with E-state index >= 15 is 0 Å². The van der Waals surface area contributed by atoms with E-state index in [9.17, 15) is 14.4 Å². The fourth-order valence-corrected chi connectivity index (χ4v) is 6.83. The largest absolute Gasteiger partial charge is 0.462 e. The van der Waals surface area contributed by atoms with Gasteiger partial charge in [0, 0.05) is 19.3 Å². The zero-order valence-corrected chi connectivity index (χ0v) is 42.9. The highest BCUT2D eigenvalue weighted by Gasteiger charge is 2.19. The van der Waals surface area contributed by atoms with Crippen molar-refractivity contribution in [3.05, 3.63) is 134 Å². The minimum absolute atomic E-state index is 0.104. The van der Waals surface area contributed by atoms with Crippen LogP contribution in [-0.2, 0) is 28.6 Å². The van der Waals surface area contributed by atoms with E-state index < -0.39 is 6.10 Å². The maximum absolute atomic E-state index is 12.8. The van der Waals surface area contributed by atoms with Gasteiger partial charge in [0.2, 0.25) is 0 Å². The lowest BCUT2D eigenvalue weighted by Crippen LogP contribution is -2.30. The van der Waals surface area contributed by atoms with E-state index in [1.165, 1.54) is 64.2 Å². The molecular formula is C61H96O6. The molecule has 0 aliphatic heterocycles. The second-order valence-electron chi connectivity index (χ2n) is 17.2. The summed E-state index contributed by atoms with van der Waals surface area (Å²) in [7, 11) is 0. The lowest BCUT2D eigenvalue weighted by atomic mass is 10.1. The summed E-state index contributed by atoms with van der Waals surface area (Å²) in [6.45, 7) is 6.28. The van der Waals surface area contributed by atoms with E-state index in [1.54, 1.807) is 0 Å². The van der Waals surface area contributed by atoms with E-state index in [-0.39, 0.29) is 31.1 Å². The molecule has 0 aliphatic carbocycles. The Bertz CT molecular complexity index is 1480. The molecule has 0 heterocycles. The third kappa shape index (κ3) is 52.4. The van der Waals surface area contributed by atoms with Crippen molar-refractivity contribution >= 4 is 17.9 Å². The molecular weight excluding hydrogens is 829 g/mol. The molecule has 0 aliphatic rings. The molecule has 0 spiro atoms. The summed E-state index contributed by atoms with van der Waals surface area (Å²) < 4.78 is 16.8. The van der Waals surface area contributed by atoms with Gasteiger partial charge in [-0.1, -0.05) is 238 Å². The molecule has 1 unspecified atom stereocenters. The second kappa shape index (κ2) is 54.2. The van der Waals surface area contributed by atoms with Crippen LogP contribution in [0.1, 0.15) is 213 Å². The molecule has 0 saturated heterocycles. The van der Waals surface area contributed by atoms with E-state index in [1.807, 2.05) is 72.9 Å². The van der Waals surface area contributed by atoms with Crippen molar-refractivity contribution in [1.29, 1.82) is 0 Å². The lowest BCUT2D eigenvalue weighted by Gasteiger charge is -2.18. The van der Waals surface area contributed by atoms with E-state index in [0.29, 0.717) is 19.3 Å². The van der Waals surface area contributed by atoms with E-state index in [0.717, 1.165) is 109 Å². The number of carbonyl (C=O) groups is 3. The number of esters is 3. The first-order valence-corrected chi connectivity index (χ1v) is 26.8. The highest BCUT2D eigenvalue weighted by atomic mass is 16.6. The van der Waals surface area contributed by atoms with E-state index in [2.05, 4.69) is 81.5 Å². The van der Waals surface area contributed by atoms with Gasteiger partial charge in [-0.15, -0.1) is 0 Å².